The van der Waals surface area contributed by atoms with Crippen LogP contribution in [0.5, 0.6) is 5.75 Å². The first-order valence-electron chi connectivity index (χ1n) is 20.4. The van der Waals surface area contributed by atoms with E-state index in [4.69, 9.17) is 23.7 Å². The van der Waals surface area contributed by atoms with Crippen LogP contribution in [-0.2, 0) is 50.7 Å². The quantitative estimate of drug-likeness (QED) is 0.196. The van der Waals surface area contributed by atoms with Crippen molar-refractivity contribution in [3.8, 4) is 5.75 Å². The number of esters is 3. The molecule has 1 aliphatic carbocycles. The maximum atomic E-state index is 15.2. The van der Waals surface area contributed by atoms with Crippen LogP contribution < -0.4 is 9.64 Å². The van der Waals surface area contributed by atoms with Crippen molar-refractivity contribution < 1.29 is 38.1 Å². The lowest BCUT2D eigenvalue weighted by molar-refractivity contribution is -0.198. The zero-order valence-electron chi connectivity index (χ0n) is 33.8. The number of para-hydroxylation sites is 1. The fourth-order valence-corrected chi connectivity index (χ4v) is 13.4. The minimum absolute atomic E-state index is 0.0551. The zero-order valence-corrected chi connectivity index (χ0v) is 33.8. The second kappa shape index (κ2) is 12.3. The molecule has 4 bridgehead atoms. The van der Waals surface area contributed by atoms with E-state index >= 15 is 4.79 Å². The van der Waals surface area contributed by atoms with Gasteiger partial charge in [0.25, 0.3) is 0 Å². The third-order valence-electron chi connectivity index (χ3n) is 15.2. The van der Waals surface area contributed by atoms with Crippen LogP contribution in [0.15, 0.2) is 60.3 Å². The van der Waals surface area contributed by atoms with Gasteiger partial charge in [-0.2, -0.15) is 0 Å². The zero-order chi connectivity index (χ0) is 39.8. The Balaban J connectivity index is 1.29. The number of nitrogens with zero attached hydrogens (tertiary/aromatic N) is 3. The van der Waals surface area contributed by atoms with E-state index in [-0.39, 0.29) is 17.9 Å². The molecule has 1 N–H and O–H groups in total. The van der Waals surface area contributed by atoms with E-state index < -0.39 is 52.0 Å². The molecular formula is C45H52N4O8. The number of likely N-dealkylation sites (N-methyl/N-ethyl adjacent to an activating group) is 1. The number of methoxy groups -OCH3 is 3. The molecule has 300 valence electrons. The third-order valence-corrected chi connectivity index (χ3v) is 15.2. The number of H-pyrrole nitrogens is 1. The number of fused-ring (bicyclic) bond motifs is 8. The number of anilines is 1. The van der Waals surface area contributed by atoms with Gasteiger partial charge in [0.2, 0.25) is 5.60 Å². The number of aromatic nitrogens is 1. The Morgan fingerprint density at radius 3 is 2.51 bits per heavy atom. The third kappa shape index (κ3) is 4.28. The molecule has 2 aromatic carbocycles. The molecule has 3 aromatic rings. The SMILES string of the molecule is CCC1=C[C@@H]2CN(C1)Cc1c([nH]c3ccccc13)[C@@](C(=O)OC)(c1cc3c(cc1OC)N(C)C1C4(C(=O)OC)OC5C=CN6CC[C@]31[C@@H]6[C@]5(CC)[C@H]4OC(C)=O)C2. The minimum atomic E-state index is -1.65. The number of hydrogen-bond donors (Lipinski definition) is 1. The van der Waals surface area contributed by atoms with E-state index in [0.29, 0.717) is 31.6 Å². The van der Waals surface area contributed by atoms with E-state index in [9.17, 15) is 9.59 Å². The summed E-state index contributed by atoms with van der Waals surface area (Å²) in [5.74, 6) is -0.786. The lowest BCUT2D eigenvalue weighted by atomic mass is 9.48. The summed E-state index contributed by atoms with van der Waals surface area (Å²) in [4.78, 5) is 53.7. The molecule has 7 heterocycles. The number of nitrogens with one attached hydrogen (secondary N) is 1. The first-order valence-corrected chi connectivity index (χ1v) is 20.4. The molecule has 6 aliphatic heterocycles. The van der Waals surface area contributed by atoms with Gasteiger partial charge in [-0.3, -0.25) is 14.5 Å². The molecule has 10 rings (SSSR count). The molecular weight excluding hydrogens is 725 g/mol. The molecule has 0 radical (unpaired) electrons. The number of carbonyl (C=O) groups is 3. The van der Waals surface area contributed by atoms with Crippen molar-refractivity contribution in [3.05, 3.63) is 82.7 Å². The van der Waals surface area contributed by atoms with Gasteiger partial charge in [0.05, 0.1) is 44.9 Å². The van der Waals surface area contributed by atoms with Gasteiger partial charge in [0.15, 0.2) is 6.10 Å². The summed E-state index contributed by atoms with van der Waals surface area (Å²) >= 11 is 0. The van der Waals surface area contributed by atoms with Crippen molar-refractivity contribution in [3.63, 3.8) is 0 Å². The average molecular weight is 777 g/mol. The topological polar surface area (TPSA) is 123 Å². The van der Waals surface area contributed by atoms with Crippen molar-refractivity contribution >= 4 is 34.5 Å². The first kappa shape index (κ1) is 36.5. The molecule has 1 aromatic heterocycles. The summed E-state index contributed by atoms with van der Waals surface area (Å²) in [5.41, 5.74) is 2.43. The molecule has 4 unspecified atom stereocenters. The number of benzene rings is 2. The molecule has 12 nitrogen and oxygen atoms in total. The molecule has 1 saturated carbocycles. The van der Waals surface area contributed by atoms with Crippen molar-refractivity contribution in [2.75, 3.05) is 52.9 Å². The van der Waals surface area contributed by atoms with Crippen LogP contribution >= 0.6 is 0 Å². The van der Waals surface area contributed by atoms with Crippen LogP contribution in [0.1, 0.15) is 68.8 Å². The van der Waals surface area contributed by atoms with E-state index in [1.54, 1.807) is 7.11 Å². The summed E-state index contributed by atoms with van der Waals surface area (Å²) in [5, 5.41) is 1.08. The van der Waals surface area contributed by atoms with Gasteiger partial charge in [-0.05, 0) is 67.1 Å². The van der Waals surface area contributed by atoms with Crippen molar-refractivity contribution in [2.45, 2.75) is 93.7 Å². The summed E-state index contributed by atoms with van der Waals surface area (Å²) in [6, 6.07) is 11.7. The Labute approximate surface area is 333 Å². The molecule has 7 aliphatic rings. The molecule has 2 saturated heterocycles. The predicted molar refractivity (Wildman–Crippen MR) is 212 cm³/mol. The summed E-state index contributed by atoms with van der Waals surface area (Å²) in [6.45, 7) is 8.80. The minimum Gasteiger partial charge on any atom is -0.496 e. The molecule has 57 heavy (non-hydrogen) atoms. The second-order valence-electron chi connectivity index (χ2n) is 17.4. The summed E-state index contributed by atoms with van der Waals surface area (Å²) in [6.07, 6.45) is 7.78. The van der Waals surface area contributed by atoms with Gasteiger partial charge < -0.3 is 38.5 Å². The molecule has 0 amide bonds. The number of ether oxygens (including phenoxy) is 5. The second-order valence-corrected chi connectivity index (χ2v) is 17.4. The highest BCUT2D eigenvalue weighted by Gasteiger charge is 2.87. The normalized spacial score (nSPS) is 36.4. The van der Waals surface area contributed by atoms with Gasteiger partial charge >= 0.3 is 17.9 Å². The monoisotopic (exact) mass is 776 g/mol. The highest BCUT2D eigenvalue weighted by molar-refractivity contribution is 5.95. The van der Waals surface area contributed by atoms with Crippen molar-refractivity contribution in [1.29, 1.82) is 0 Å². The highest BCUT2D eigenvalue weighted by Crippen LogP contribution is 2.73. The van der Waals surface area contributed by atoms with E-state index in [1.165, 1.54) is 26.7 Å². The Morgan fingerprint density at radius 1 is 1.00 bits per heavy atom. The summed E-state index contributed by atoms with van der Waals surface area (Å²) in [7, 11) is 6.50. The number of aromatic amines is 1. The smallest absolute Gasteiger partial charge is 0.344 e. The number of rotatable bonds is 7. The summed E-state index contributed by atoms with van der Waals surface area (Å²) < 4.78 is 31.4. The van der Waals surface area contributed by atoms with Crippen LogP contribution in [0.4, 0.5) is 5.69 Å². The number of carbonyl (C=O) groups excluding carboxylic acids is 3. The Morgan fingerprint density at radius 2 is 1.79 bits per heavy atom. The molecule has 12 heteroatoms. The Bertz CT molecular complexity index is 2300. The maximum Gasteiger partial charge on any atom is 0.344 e. The lowest BCUT2D eigenvalue weighted by Crippen LogP contribution is -2.78. The molecule has 1 spiro atoms. The fraction of sp³-hybridized carbons (Fsp3) is 0.533. The van der Waals surface area contributed by atoms with Crippen LogP contribution in [0, 0.1) is 11.3 Å². The standard InChI is InChI=1S/C45H52N4O8/c1-8-26-18-27-21-44(40(51)54-6,36-29(24-48(22-26)23-27)28-12-10-11-13-32(28)46-36)31-19-30-33(20-34(31)53-5)47(4)38-43(30)15-17-49-16-14-35-42(9-2,37(43)49)39(56-25(3)50)45(38,57-35)41(52)55-7/h10-14,16,18-20,27,35,37-39,46H,8-9,15,17,21-24H2,1-7H3/t27-,35?,37-,38?,39+,42+,43+,44-,45?/m0/s1. The van der Waals surface area contributed by atoms with Crippen LogP contribution in [0.3, 0.4) is 0 Å². The van der Waals surface area contributed by atoms with Crippen LogP contribution in [0.25, 0.3) is 10.9 Å². The van der Waals surface area contributed by atoms with E-state index in [2.05, 4.69) is 70.1 Å². The largest absolute Gasteiger partial charge is 0.496 e. The predicted octanol–water partition coefficient (Wildman–Crippen LogP) is 5.12. The van der Waals surface area contributed by atoms with Crippen molar-refractivity contribution in [2.24, 2.45) is 11.3 Å². The van der Waals surface area contributed by atoms with Gasteiger partial charge in [0.1, 0.15) is 11.2 Å². The van der Waals surface area contributed by atoms with Gasteiger partial charge in [0, 0.05) is 79.5 Å². The Kier molecular flexibility index (Phi) is 7.91. The van der Waals surface area contributed by atoms with Crippen LogP contribution in [0.2, 0.25) is 0 Å². The highest BCUT2D eigenvalue weighted by atomic mass is 16.6. The average Bonchev–Trinajstić information content (AvgIpc) is 3.93. The lowest BCUT2D eigenvalue weighted by Gasteiger charge is -2.59. The van der Waals surface area contributed by atoms with E-state index in [0.717, 1.165) is 65.0 Å². The van der Waals surface area contributed by atoms with E-state index in [1.807, 2.05) is 25.3 Å². The first-order chi connectivity index (χ1) is 27.5. The molecule has 10 atom stereocenters. The Hall–Kier alpha value is -4.81. The molecule has 3 fully saturated rings. The maximum absolute atomic E-state index is 15.2. The van der Waals surface area contributed by atoms with Crippen LogP contribution in [-0.4, -0.2) is 111 Å². The van der Waals surface area contributed by atoms with Gasteiger partial charge in [-0.1, -0.05) is 43.7 Å². The van der Waals surface area contributed by atoms with Gasteiger partial charge in [-0.15, -0.1) is 0 Å². The fourth-order valence-electron chi connectivity index (χ4n) is 13.4. The van der Waals surface area contributed by atoms with Gasteiger partial charge in [-0.25, -0.2) is 4.79 Å². The number of hydrogen-bond acceptors (Lipinski definition) is 11. The van der Waals surface area contributed by atoms with Crippen molar-refractivity contribution in [1.82, 2.24) is 14.8 Å².